The normalized spacial score (nSPS) is 14.5. The van der Waals surface area contributed by atoms with Crippen LogP contribution in [0.25, 0.3) is 0 Å². The third kappa shape index (κ3) is 3.90. The Bertz CT molecular complexity index is 659. The molecular formula is C15H14ClF3N2O. The first-order valence-corrected chi connectivity index (χ1v) is 6.82. The van der Waals surface area contributed by atoms with Gasteiger partial charge in [-0.15, -0.1) is 0 Å². The number of aliphatic hydroxyl groups is 1. The lowest BCUT2D eigenvalue weighted by molar-refractivity contribution is -0.137. The van der Waals surface area contributed by atoms with Gasteiger partial charge >= 0.3 is 6.18 Å². The van der Waals surface area contributed by atoms with Gasteiger partial charge in [0.05, 0.1) is 5.56 Å². The molecule has 1 atom stereocenters. The average molecular weight is 331 g/mol. The van der Waals surface area contributed by atoms with E-state index in [9.17, 15) is 18.3 Å². The van der Waals surface area contributed by atoms with Crippen molar-refractivity contribution in [2.45, 2.75) is 18.7 Å². The van der Waals surface area contributed by atoms with Crippen molar-refractivity contribution in [2.75, 3.05) is 11.9 Å². The maximum atomic E-state index is 12.9. The topological polar surface area (TPSA) is 45.1 Å². The van der Waals surface area contributed by atoms with E-state index in [1.54, 1.807) is 24.3 Å². The van der Waals surface area contributed by atoms with E-state index in [2.05, 4.69) is 10.3 Å². The molecular weight excluding hydrogens is 317 g/mol. The number of hydrogen-bond acceptors (Lipinski definition) is 3. The molecule has 0 radical (unpaired) electrons. The van der Waals surface area contributed by atoms with Crippen LogP contribution in [-0.4, -0.2) is 16.6 Å². The molecule has 1 aromatic carbocycles. The van der Waals surface area contributed by atoms with Gasteiger partial charge in [-0.05, 0) is 36.8 Å². The second-order valence-corrected chi connectivity index (χ2v) is 5.47. The summed E-state index contributed by atoms with van der Waals surface area (Å²) in [5.74, 6) is -0.322. The first-order chi connectivity index (χ1) is 10.2. The predicted octanol–water partition coefficient (Wildman–Crippen LogP) is 4.07. The summed E-state index contributed by atoms with van der Waals surface area (Å²) in [7, 11) is 0. The monoisotopic (exact) mass is 330 g/mol. The van der Waals surface area contributed by atoms with Crippen LogP contribution in [0.5, 0.6) is 0 Å². The molecule has 2 N–H and O–H groups in total. The van der Waals surface area contributed by atoms with Gasteiger partial charge in [0.1, 0.15) is 11.4 Å². The molecule has 0 bridgehead atoms. The average Bonchev–Trinajstić information content (AvgIpc) is 2.44. The Hall–Kier alpha value is -1.79. The molecule has 0 aliphatic heterocycles. The molecule has 0 aliphatic carbocycles. The molecule has 3 nitrogen and oxygen atoms in total. The molecule has 0 amide bonds. The molecule has 7 heteroatoms. The number of rotatable bonds is 4. The third-order valence-corrected chi connectivity index (χ3v) is 3.39. The Kier molecular flexibility index (Phi) is 4.63. The quantitative estimate of drug-likeness (QED) is 0.888. The van der Waals surface area contributed by atoms with Crippen molar-refractivity contribution in [1.82, 2.24) is 4.98 Å². The number of alkyl halides is 3. The number of nitrogens with zero attached hydrogens (tertiary/aromatic N) is 1. The zero-order valence-electron chi connectivity index (χ0n) is 11.7. The van der Waals surface area contributed by atoms with Crippen molar-refractivity contribution in [3.8, 4) is 0 Å². The Labute approximate surface area is 130 Å². The fourth-order valence-corrected chi connectivity index (χ4v) is 2.15. The largest absolute Gasteiger partial charge is 0.419 e. The van der Waals surface area contributed by atoms with Crippen molar-refractivity contribution >= 4 is 17.4 Å². The molecule has 0 saturated carbocycles. The summed E-state index contributed by atoms with van der Waals surface area (Å²) >= 11 is 5.86. The second-order valence-electron chi connectivity index (χ2n) is 5.04. The number of hydrogen-bond donors (Lipinski definition) is 2. The lowest BCUT2D eigenvalue weighted by Crippen LogP contribution is -2.31. The maximum Gasteiger partial charge on any atom is 0.419 e. The van der Waals surface area contributed by atoms with Crippen LogP contribution < -0.4 is 5.32 Å². The Morgan fingerprint density at radius 2 is 1.95 bits per heavy atom. The highest BCUT2D eigenvalue weighted by Crippen LogP contribution is 2.34. The molecule has 0 spiro atoms. The number of nitrogens with one attached hydrogen (secondary N) is 1. The van der Waals surface area contributed by atoms with Gasteiger partial charge in [0.2, 0.25) is 0 Å². The fraction of sp³-hybridized carbons (Fsp3) is 0.267. The fourth-order valence-electron chi connectivity index (χ4n) is 1.96. The van der Waals surface area contributed by atoms with Crippen molar-refractivity contribution in [1.29, 1.82) is 0 Å². The lowest BCUT2D eigenvalue weighted by atomic mass is 9.96. The summed E-state index contributed by atoms with van der Waals surface area (Å²) in [6.07, 6.45) is -3.26. The number of halogens is 4. The zero-order valence-corrected chi connectivity index (χ0v) is 12.4. The molecule has 0 aliphatic rings. The minimum Gasteiger partial charge on any atom is -0.384 e. The molecule has 1 unspecified atom stereocenters. The Morgan fingerprint density at radius 3 is 2.59 bits per heavy atom. The highest BCUT2D eigenvalue weighted by atomic mass is 35.5. The second kappa shape index (κ2) is 6.14. The van der Waals surface area contributed by atoms with Crippen LogP contribution >= 0.6 is 11.6 Å². The molecule has 118 valence electrons. The summed E-state index contributed by atoms with van der Waals surface area (Å²) in [6, 6.07) is 8.67. The van der Waals surface area contributed by atoms with E-state index in [-0.39, 0.29) is 12.4 Å². The summed E-state index contributed by atoms with van der Waals surface area (Å²) in [5, 5.41) is 13.4. The van der Waals surface area contributed by atoms with Gasteiger partial charge in [-0.3, -0.25) is 0 Å². The predicted molar refractivity (Wildman–Crippen MR) is 78.8 cm³/mol. The standard InChI is InChI=1S/C15H14ClF3N2O/c1-14(22,10-4-2-5-11(16)8-10)9-21-13-12(15(17,18)19)6-3-7-20-13/h2-8,22H,9H2,1H3,(H,20,21). The number of anilines is 1. The summed E-state index contributed by atoms with van der Waals surface area (Å²) < 4.78 is 38.7. The van der Waals surface area contributed by atoms with Crippen LogP contribution in [0.2, 0.25) is 5.02 Å². The highest BCUT2D eigenvalue weighted by molar-refractivity contribution is 6.30. The molecule has 2 rings (SSSR count). The molecule has 0 saturated heterocycles. The van der Waals surface area contributed by atoms with Gasteiger partial charge < -0.3 is 10.4 Å². The summed E-state index contributed by atoms with van der Waals surface area (Å²) in [4.78, 5) is 3.69. The smallest absolute Gasteiger partial charge is 0.384 e. The van der Waals surface area contributed by atoms with Crippen molar-refractivity contribution in [2.24, 2.45) is 0 Å². The van der Waals surface area contributed by atoms with Crippen LogP contribution in [0, 0.1) is 0 Å². The van der Waals surface area contributed by atoms with E-state index in [1.165, 1.54) is 19.2 Å². The summed E-state index contributed by atoms with van der Waals surface area (Å²) in [5.41, 5.74) is -1.78. The van der Waals surface area contributed by atoms with Gasteiger partial charge in [-0.25, -0.2) is 4.98 Å². The van der Waals surface area contributed by atoms with Crippen LogP contribution in [0.1, 0.15) is 18.1 Å². The van der Waals surface area contributed by atoms with Crippen LogP contribution in [0.3, 0.4) is 0 Å². The van der Waals surface area contributed by atoms with Gasteiger partial charge in [0.15, 0.2) is 0 Å². The number of benzene rings is 1. The molecule has 1 heterocycles. The Balaban J connectivity index is 2.20. The van der Waals surface area contributed by atoms with Gasteiger partial charge in [-0.1, -0.05) is 23.7 Å². The molecule has 0 fully saturated rings. The van der Waals surface area contributed by atoms with E-state index in [1.807, 2.05) is 0 Å². The maximum absolute atomic E-state index is 12.9. The summed E-state index contributed by atoms with van der Waals surface area (Å²) in [6.45, 7) is 1.34. The van der Waals surface area contributed by atoms with Gasteiger partial charge in [0, 0.05) is 17.8 Å². The minimum absolute atomic E-state index is 0.145. The van der Waals surface area contributed by atoms with Crippen LogP contribution in [-0.2, 0) is 11.8 Å². The molecule has 22 heavy (non-hydrogen) atoms. The first-order valence-electron chi connectivity index (χ1n) is 6.45. The van der Waals surface area contributed by atoms with E-state index in [0.29, 0.717) is 10.6 Å². The van der Waals surface area contributed by atoms with Crippen molar-refractivity contribution < 1.29 is 18.3 Å². The van der Waals surface area contributed by atoms with E-state index >= 15 is 0 Å². The van der Waals surface area contributed by atoms with Crippen molar-refractivity contribution in [3.63, 3.8) is 0 Å². The van der Waals surface area contributed by atoms with Crippen LogP contribution in [0.15, 0.2) is 42.6 Å². The molecule has 1 aromatic heterocycles. The van der Waals surface area contributed by atoms with Gasteiger partial charge in [0.25, 0.3) is 0 Å². The first kappa shape index (κ1) is 16.6. The SMILES string of the molecule is CC(O)(CNc1ncccc1C(F)(F)F)c1cccc(Cl)c1. The van der Waals surface area contributed by atoms with E-state index < -0.39 is 17.3 Å². The Morgan fingerprint density at radius 1 is 1.23 bits per heavy atom. The molecule has 2 aromatic rings. The highest BCUT2D eigenvalue weighted by Gasteiger charge is 2.34. The number of pyridine rings is 1. The van der Waals surface area contributed by atoms with Gasteiger partial charge in [-0.2, -0.15) is 13.2 Å². The number of aromatic nitrogens is 1. The van der Waals surface area contributed by atoms with Crippen molar-refractivity contribution in [3.05, 3.63) is 58.7 Å². The van der Waals surface area contributed by atoms with Crippen LogP contribution in [0.4, 0.5) is 19.0 Å². The van der Waals surface area contributed by atoms with E-state index in [4.69, 9.17) is 11.6 Å². The zero-order chi connectivity index (χ0) is 16.4. The third-order valence-electron chi connectivity index (χ3n) is 3.16. The van der Waals surface area contributed by atoms with E-state index in [0.717, 1.165) is 6.07 Å². The minimum atomic E-state index is -4.52. The lowest BCUT2D eigenvalue weighted by Gasteiger charge is -2.25.